The van der Waals surface area contributed by atoms with Gasteiger partial charge in [-0.25, -0.2) is 9.59 Å². The van der Waals surface area contributed by atoms with Crippen LogP contribution in [-0.2, 0) is 9.53 Å². The number of primary amides is 1. The third-order valence-electron chi connectivity index (χ3n) is 2.66. The van der Waals surface area contributed by atoms with E-state index in [9.17, 15) is 14.4 Å². The van der Waals surface area contributed by atoms with Crippen molar-refractivity contribution in [3.8, 4) is 0 Å². The molecule has 0 aliphatic carbocycles. The van der Waals surface area contributed by atoms with Crippen LogP contribution in [0.2, 0.25) is 10.0 Å². The highest BCUT2D eigenvalue weighted by molar-refractivity contribution is 6.37. The first-order chi connectivity index (χ1) is 10.1. The smallest absolute Gasteiger partial charge is 0.341 e. The van der Waals surface area contributed by atoms with E-state index in [2.05, 4.69) is 0 Å². The molecule has 0 spiro atoms. The van der Waals surface area contributed by atoms with Gasteiger partial charge in [0, 0.05) is 5.02 Å². The van der Waals surface area contributed by atoms with E-state index in [1.807, 2.05) is 5.32 Å². The van der Waals surface area contributed by atoms with Crippen LogP contribution in [0.1, 0.15) is 24.2 Å². The van der Waals surface area contributed by atoms with Gasteiger partial charge in [0.1, 0.15) is 0 Å². The minimum atomic E-state index is -1.22. The number of hydrogen-bond acceptors (Lipinski definition) is 5. The molecule has 9 heteroatoms. The Hall–Kier alpha value is -1.99. The second-order valence-corrected chi connectivity index (χ2v) is 5.62. The zero-order chi connectivity index (χ0) is 17.0. The van der Waals surface area contributed by atoms with Crippen molar-refractivity contribution in [1.82, 2.24) is 5.32 Å². The van der Waals surface area contributed by atoms with E-state index in [4.69, 9.17) is 39.4 Å². The number of nitrogens with two attached hydrogens (primary N) is 2. The number of hydrogen-bond donors (Lipinski definition) is 3. The molecular formula is C13H15Cl2N3O4. The molecule has 1 rings (SSSR count). The zero-order valence-electron chi connectivity index (χ0n) is 11.9. The highest BCUT2D eigenvalue weighted by atomic mass is 35.5. The minimum absolute atomic E-state index is 0.0196. The standard InChI is InChI=1S/C13H15Cl2N3O4/c1-5(2)10(11(19)18-13(17)21)22-12(20)7-3-6(14)4-8(15)9(7)16/h3-5,10H,16H2,1-2H3,(H3,17,18,19,21)/t10-/m0/s1. The van der Waals surface area contributed by atoms with Crippen LogP contribution < -0.4 is 16.8 Å². The topological polar surface area (TPSA) is 125 Å². The predicted molar refractivity (Wildman–Crippen MR) is 82.6 cm³/mol. The first kappa shape index (κ1) is 18.1. The van der Waals surface area contributed by atoms with Crippen LogP contribution in [-0.4, -0.2) is 24.0 Å². The molecule has 1 aromatic carbocycles. The Balaban J connectivity index is 3.02. The van der Waals surface area contributed by atoms with Crippen LogP contribution in [0.15, 0.2) is 12.1 Å². The molecule has 0 bridgehead atoms. The highest BCUT2D eigenvalue weighted by Crippen LogP contribution is 2.28. The molecule has 120 valence electrons. The van der Waals surface area contributed by atoms with Crippen molar-refractivity contribution < 1.29 is 19.1 Å². The fourth-order valence-electron chi connectivity index (χ4n) is 1.62. The number of carbonyl (C=O) groups excluding carboxylic acids is 3. The number of amides is 3. The molecule has 7 nitrogen and oxygen atoms in total. The van der Waals surface area contributed by atoms with Gasteiger partial charge in [0.2, 0.25) is 0 Å². The van der Waals surface area contributed by atoms with Crippen LogP contribution in [0.5, 0.6) is 0 Å². The average Bonchev–Trinajstić information content (AvgIpc) is 2.38. The summed E-state index contributed by atoms with van der Waals surface area (Å²) in [6.45, 7) is 3.26. The molecule has 0 saturated heterocycles. The summed E-state index contributed by atoms with van der Waals surface area (Å²) >= 11 is 11.6. The molecular weight excluding hydrogens is 333 g/mol. The summed E-state index contributed by atoms with van der Waals surface area (Å²) in [5, 5.41) is 2.13. The monoisotopic (exact) mass is 347 g/mol. The third kappa shape index (κ3) is 4.51. The zero-order valence-corrected chi connectivity index (χ0v) is 13.4. The molecule has 22 heavy (non-hydrogen) atoms. The van der Waals surface area contributed by atoms with Crippen molar-refractivity contribution in [1.29, 1.82) is 0 Å². The second-order valence-electron chi connectivity index (χ2n) is 4.77. The van der Waals surface area contributed by atoms with Gasteiger partial charge in [0.15, 0.2) is 6.10 Å². The number of nitrogens with one attached hydrogen (secondary N) is 1. The predicted octanol–water partition coefficient (Wildman–Crippen LogP) is 1.95. The normalized spacial score (nSPS) is 11.9. The van der Waals surface area contributed by atoms with Gasteiger partial charge < -0.3 is 16.2 Å². The number of benzene rings is 1. The first-order valence-corrected chi connectivity index (χ1v) is 6.94. The van der Waals surface area contributed by atoms with E-state index >= 15 is 0 Å². The maximum Gasteiger partial charge on any atom is 0.341 e. The fourth-order valence-corrected chi connectivity index (χ4v) is 2.11. The molecule has 5 N–H and O–H groups in total. The van der Waals surface area contributed by atoms with Gasteiger partial charge >= 0.3 is 12.0 Å². The Morgan fingerprint density at radius 3 is 2.32 bits per heavy atom. The summed E-state index contributed by atoms with van der Waals surface area (Å²) in [7, 11) is 0. The number of nitrogen functional groups attached to an aromatic ring is 1. The SMILES string of the molecule is CC(C)[C@H](OC(=O)c1cc(Cl)cc(Cl)c1N)C(=O)NC(N)=O. The number of ether oxygens (including phenoxy) is 1. The number of esters is 1. The fraction of sp³-hybridized carbons (Fsp3) is 0.308. The number of imide groups is 1. The van der Waals surface area contributed by atoms with Gasteiger partial charge in [-0.05, 0) is 18.1 Å². The summed E-state index contributed by atoms with van der Waals surface area (Å²) in [5.74, 6) is -2.12. The van der Waals surface area contributed by atoms with Crippen molar-refractivity contribution in [2.24, 2.45) is 11.7 Å². The number of urea groups is 1. The molecule has 0 heterocycles. The van der Waals surface area contributed by atoms with Crippen LogP contribution in [0.25, 0.3) is 0 Å². The maximum atomic E-state index is 12.2. The first-order valence-electron chi connectivity index (χ1n) is 6.19. The van der Waals surface area contributed by atoms with Gasteiger partial charge in [-0.1, -0.05) is 37.0 Å². The number of halogens is 2. The van der Waals surface area contributed by atoms with Gasteiger partial charge in [-0.15, -0.1) is 0 Å². The van der Waals surface area contributed by atoms with Crippen molar-refractivity contribution >= 4 is 46.8 Å². The summed E-state index contributed by atoms with van der Waals surface area (Å²) in [5.41, 5.74) is 10.5. The van der Waals surface area contributed by atoms with E-state index in [1.54, 1.807) is 13.8 Å². The Labute approximate surface area is 136 Å². The summed E-state index contributed by atoms with van der Waals surface area (Å²) < 4.78 is 5.10. The largest absolute Gasteiger partial charge is 0.448 e. The lowest BCUT2D eigenvalue weighted by molar-refractivity contribution is -0.130. The Morgan fingerprint density at radius 2 is 1.82 bits per heavy atom. The van der Waals surface area contributed by atoms with Crippen molar-refractivity contribution in [3.63, 3.8) is 0 Å². The molecule has 3 amide bonds. The molecule has 0 fully saturated rings. The summed E-state index contributed by atoms with van der Waals surface area (Å²) in [6.07, 6.45) is -1.22. The van der Waals surface area contributed by atoms with Gasteiger partial charge in [-0.3, -0.25) is 10.1 Å². The molecule has 1 aromatic rings. The molecule has 0 aromatic heterocycles. The van der Waals surface area contributed by atoms with E-state index < -0.39 is 29.9 Å². The Morgan fingerprint density at radius 1 is 1.23 bits per heavy atom. The van der Waals surface area contributed by atoms with Crippen molar-refractivity contribution in [3.05, 3.63) is 27.7 Å². The van der Waals surface area contributed by atoms with E-state index in [1.165, 1.54) is 12.1 Å². The molecule has 0 radical (unpaired) electrons. The van der Waals surface area contributed by atoms with Crippen molar-refractivity contribution in [2.75, 3.05) is 5.73 Å². The summed E-state index contributed by atoms with van der Waals surface area (Å²) in [6, 6.07) is 1.60. The van der Waals surface area contributed by atoms with E-state index in [0.29, 0.717) is 0 Å². The summed E-state index contributed by atoms with van der Waals surface area (Å²) in [4.78, 5) is 34.7. The molecule has 0 aliphatic heterocycles. The Bertz CT molecular complexity index is 620. The van der Waals surface area contributed by atoms with E-state index in [-0.39, 0.29) is 21.3 Å². The van der Waals surface area contributed by atoms with Crippen LogP contribution in [0.4, 0.5) is 10.5 Å². The van der Waals surface area contributed by atoms with Crippen LogP contribution >= 0.6 is 23.2 Å². The van der Waals surface area contributed by atoms with Crippen LogP contribution in [0, 0.1) is 5.92 Å². The quantitative estimate of drug-likeness (QED) is 0.567. The Kier molecular flexibility index (Phi) is 6.01. The highest BCUT2D eigenvalue weighted by Gasteiger charge is 2.29. The van der Waals surface area contributed by atoms with Gasteiger partial charge in [0.05, 0.1) is 16.3 Å². The molecule has 1 atom stereocenters. The van der Waals surface area contributed by atoms with Gasteiger partial charge in [-0.2, -0.15) is 0 Å². The maximum absolute atomic E-state index is 12.2. The number of carbonyl (C=O) groups is 3. The number of rotatable bonds is 4. The van der Waals surface area contributed by atoms with Gasteiger partial charge in [0.25, 0.3) is 5.91 Å². The minimum Gasteiger partial charge on any atom is -0.448 e. The second kappa shape index (κ2) is 7.33. The lowest BCUT2D eigenvalue weighted by Gasteiger charge is -2.20. The lowest BCUT2D eigenvalue weighted by Crippen LogP contribution is -2.45. The molecule has 0 unspecified atom stereocenters. The number of anilines is 1. The lowest BCUT2D eigenvalue weighted by atomic mass is 10.1. The third-order valence-corrected chi connectivity index (χ3v) is 3.19. The average molecular weight is 348 g/mol. The molecule has 0 saturated carbocycles. The van der Waals surface area contributed by atoms with E-state index in [0.717, 1.165) is 0 Å². The molecule has 0 aliphatic rings. The van der Waals surface area contributed by atoms with Crippen LogP contribution in [0.3, 0.4) is 0 Å². The van der Waals surface area contributed by atoms with Crippen molar-refractivity contribution in [2.45, 2.75) is 20.0 Å².